The Morgan fingerprint density at radius 3 is 2.40 bits per heavy atom. The molecule has 3 unspecified atom stereocenters. The molecule has 7 heteroatoms. The summed E-state index contributed by atoms with van der Waals surface area (Å²) in [7, 11) is 0. The highest BCUT2D eigenvalue weighted by Crippen LogP contribution is 2.30. The van der Waals surface area contributed by atoms with Gasteiger partial charge in [0.1, 0.15) is 5.75 Å². The van der Waals surface area contributed by atoms with E-state index >= 15 is 0 Å². The van der Waals surface area contributed by atoms with Crippen LogP contribution in [-0.2, 0) is 0 Å². The zero-order chi connectivity index (χ0) is 18.0. The molecule has 0 radical (unpaired) electrons. The maximum atomic E-state index is 11.2. The van der Waals surface area contributed by atoms with Crippen LogP contribution in [0.3, 0.4) is 0 Å². The van der Waals surface area contributed by atoms with Crippen LogP contribution in [0, 0.1) is 23.2 Å². The van der Waals surface area contributed by atoms with Gasteiger partial charge < -0.3 is 19.8 Å². The van der Waals surface area contributed by atoms with E-state index < -0.39 is 11.9 Å². The molecule has 2 aliphatic heterocycles. The highest BCUT2D eigenvalue weighted by molar-refractivity contribution is 5.65. The minimum Gasteiger partial charge on any atom is -0.465 e. The number of piperidine rings is 2. The first-order valence-corrected chi connectivity index (χ1v) is 8.46. The summed E-state index contributed by atoms with van der Waals surface area (Å²) in [6.45, 7) is 4.61. The molecule has 134 valence electrons. The van der Waals surface area contributed by atoms with Crippen LogP contribution in [0.15, 0.2) is 24.3 Å². The van der Waals surface area contributed by atoms with Gasteiger partial charge in [0.05, 0.1) is 18.2 Å². The molecule has 0 aliphatic carbocycles. The number of amides is 1. The van der Waals surface area contributed by atoms with Gasteiger partial charge in [-0.2, -0.15) is 5.26 Å². The third kappa shape index (κ3) is 4.41. The van der Waals surface area contributed by atoms with Crippen LogP contribution in [0.2, 0.25) is 0 Å². The predicted octanol–water partition coefficient (Wildman–Crippen LogP) is 1.58. The van der Waals surface area contributed by atoms with Crippen LogP contribution >= 0.6 is 0 Å². The van der Waals surface area contributed by atoms with Crippen molar-refractivity contribution < 1.29 is 19.7 Å². The maximum Gasteiger partial charge on any atom is 0.407 e. The topological polar surface area (TPSA) is 97.0 Å². The third-order valence-electron chi connectivity index (χ3n) is 4.77. The van der Waals surface area contributed by atoms with Gasteiger partial charge in [0.2, 0.25) is 5.79 Å². The first-order chi connectivity index (χ1) is 11.8. The van der Waals surface area contributed by atoms with Crippen molar-refractivity contribution in [3.8, 4) is 11.8 Å². The van der Waals surface area contributed by atoms with Gasteiger partial charge in [-0.25, -0.2) is 4.79 Å². The van der Waals surface area contributed by atoms with Gasteiger partial charge in [0, 0.05) is 33.1 Å². The first-order valence-electron chi connectivity index (χ1n) is 8.46. The fourth-order valence-electron chi connectivity index (χ4n) is 3.97. The number of nitrogens with zero attached hydrogens (tertiary/aromatic N) is 3. The summed E-state index contributed by atoms with van der Waals surface area (Å²) in [4.78, 5) is 14.8. The van der Waals surface area contributed by atoms with E-state index in [4.69, 9.17) is 10.00 Å². The predicted molar refractivity (Wildman–Crippen MR) is 90.0 cm³/mol. The monoisotopic (exact) mass is 345 g/mol. The van der Waals surface area contributed by atoms with Crippen molar-refractivity contribution in [3.05, 3.63) is 29.8 Å². The van der Waals surface area contributed by atoms with Crippen LogP contribution in [0.5, 0.6) is 5.75 Å². The number of nitriles is 1. The number of aliphatic hydroxyl groups is 1. The summed E-state index contributed by atoms with van der Waals surface area (Å²) in [6.07, 6.45) is 0.193. The second-order valence-corrected chi connectivity index (χ2v) is 7.26. The number of carboxylic acid groups (broad SMARTS) is 1. The molecule has 1 aromatic rings. The summed E-state index contributed by atoms with van der Waals surface area (Å²) < 4.78 is 5.69. The molecule has 1 aromatic carbocycles. The molecule has 7 nitrogen and oxygen atoms in total. The molecule has 0 aromatic heterocycles. The van der Waals surface area contributed by atoms with E-state index in [-0.39, 0.29) is 0 Å². The fraction of sp³-hybridized carbons (Fsp3) is 0.556. The number of rotatable bonds is 4. The van der Waals surface area contributed by atoms with Crippen LogP contribution in [-0.4, -0.2) is 64.6 Å². The van der Waals surface area contributed by atoms with E-state index in [1.54, 1.807) is 31.2 Å². The Morgan fingerprint density at radius 2 is 1.88 bits per heavy atom. The number of likely N-dealkylation sites (tertiary alicyclic amines) is 2. The Labute approximate surface area is 147 Å². The normalized spacial score (nSPS) is 25.7. The number of β-amino-alcohol motifs (C(OH)–C–C–N with tert-alkyl or cyclic N) is 1. The molecule has 2 saturated heterocycles. The summed E-state index contributed by atoms with van der Waals surface area (Å²) in [5.74, 6) is -0.242. The van der Waals surface area contributed by atoms with Crippen molar-refractivity contribution in [2.24, 2.45) is 11.8 Å². The van der Waals surface area contributed by atoms with Crippen molar-refractivity contribution in [3.63, 3.8) is 0 Å². The number of carbonyl (C=O) groups is 1. The number of hydrogen-bond acceptors (Lipinski definition) is 5. The maximum absolute atomic E-state index is 11.2. The Hall–Kier alpha value is -2.30. The van der Waals surface area contributed by atoms with Crippen LogP contribution in [0.25, 0.3) is 0 Å². The minimum absolute atomic E-state index is 0.300. The van der Waals surface area contributed by atoms with Gasteiger partial charge in [0.25, 0.3) is 0 Å². The molecule has 2 fully saturated rings. The largest absolute Gasteiger partial charge is 0.465 e. The van der Waals surface area contributed by atoms with Gasteiger partial charge in [-0.3, -0.25) is 4.90 Å². The number of fused-ring (bicyclic) bond motifs is 2. The molecule has 25 heavy (non-hydrogen) atoms. The smallest absolute Gasteiger partial charge is 0.407 e. The van der Waals surface area contributed by atoms with Crippen molar-refractivity contribution in [1.82, 2.24) is 9.80 Å². The summed E-state index contributed by atoms with van der Waals surface area (Å²) in [6, 6.07) is 8.68. The molecular weight excluding hydrogens is 322 g/mol. The second-order valence-electron chi connectivity index (χ2n) is 7.26. The van der Waals surface area contributed by atoms with Gasteiger partial charge in [-0.15, -0.1) is 0 Å². The molecule has 0 spiro atoms. The number of hydrogen-bond donors (Lipinski definition) is 2. The quantitative estimate of drug-likeness (QED) is 0.804. The lowest BCUT2D eigenvalue weighted by Gasteiger charge is -2.46. The fourth-order valence-corrected chi connectivity index (χ4v) is 3.97. The van der Waals surface area contributed by atoms with E-state index in [1.165, 1.54) is 4.90 Å². The SMILES string of the molecule is CC(O)(CN1CC2CC(C1)CN(C(=O)O)C2)Oc1ccc(C#N)cc1. The van der Waals surface area contributed by atoms with E-state index in [1.807, 2.05) is 6.07 Å². The Balaban J connectivity index is 1.58. The highest BCUT2D eigenvalue weighted by atomic mass is 16.6. The lowest BCUT2D eigenvalue weighted by Crippen LogP contribution is -2.57. The van der Waals surface area contributed by atoms with Crippen LogP contribution in [0.4, 0.5) is 4.79 Å². The van der Waals surface area contributed by atoms with Gasteiger partial charge in [-0.1, -0.05) is 0 Å². The Bertz CT molecular complexity index is 654. The molecular formula is C18H23N3O4. The standard InChI is InChI=1S/C18H23N3O4/c1-18(24,25-16-4-2-13(7-19)3-5-16)12-20-8-14-6-15(9-20)11-21(10-14)17(22)23/h2-5,14-15,24H,6,8-12H2,1H3,(H,22,23). The molecule has 3 rings (SSSR count). The highest BCUT2D eigenvalue weighted by Gasteiger charge is 2.38. The molecule has 2 heterocycles. The Kier molecular flexibility index (Phi) is 4.84. The van der Waals surface area contributed by atoms with Crippen molar-refractivity contribution >= 4 is 6.09 Å². The molecule has 1 amide bonds. The van der Waals surface area contributed by atoms with Gasteiger partial charge in [-0.05, 0) is 42.5 Å². The molecule has 3 atom stereocenters. The number of benzene rings is 1. The molecule has 2 aliphatic rings. The van der Waals surface area contributed by atoms with E-state index in [0.29, 0.717) is 42.8 Å². The minimum atomic E-state index is -1.35. The lowest BCUT2D eigenvalue weighted by molar-refractivity contribution is -0.145. The summed E-state index contributed by atoms with van der Waals surface area (Å²) in [5.41, 5.74) is 0.541. The average Bonchev–Trinajstić information content (AvgIpc) is 2.53. The van der Waals surface area contributed by atoms with Crippen LogP contribution in [0.1, 0.15) is 18.9 Å². The second kappa shape index (κ2) is 6.90. The zero-order valence-electron chi connectivity index (χ0n) is 14.3. The molecule has 2 N–H and O–H groups in total. The summed E-state index contributed by atoms with van der Waals surface area (Å²) in [5, 5.41) is 28.6. The van der Waals surface area contributed by atoms with Gasteiger partial charge >= 0.3 is 6.09 Å². The number of ether oxygens (including phenoxy) is 1. The summed E-state index contributed by atoms with van der Waals surface area (Å²) >= 11 is 0. The van der Waals surface area contributed by atoms with Crippen molar-refractivity contribution in [2.45, 2.75) is 19.1 Å². The Morgan fingerprint density at radius 1 is 1.28 bits per heavy atom. The van der Waals surface area contributed by atoms with E-state index in [9.17, 15) is 15.0 Å². The lowest BCUT2D eigenvalue weighted by atomic mass is 9.84. The molecule has 2 bridgehead atoms. The van der Waals surface area contributed by atoms with E-state index in [0.717, 1.165) is 19.5 Å². The zero-order valence-corrected chi connectivity index (χ0v) is 14.3. The van der Waals surface area contributed by atoms with Crippen molar-refractivity contribution in [1.29, 1.82) is 5.26 Å². The average molecular weight is 345 g/mol. The van der Waals surface area contributed by atoms with E-state index in [2.05, 4.69) is 4.90 Å². The van der Waals surface area contributed by atoms with Crippen molar-refractivity contribution in [2.75, 3.05) is 32.7 Å². The van der Waals surface area contributed by atoms with Gasteiger partial charge in [0.15, 0.2) is 0 Å². The first kappa shape index (κ1) is 17.5. The third-order valence-corrected chi connectivity index (χ3v) is 4.77. The van der Waals surface area contributed by atoms with Crippen LogP contribution < -0.4 is 4.74 Å². The molecule has 0 saturated carbocycles.